The molecule has 21 nitrogen and oxygen atoms in total. The van der Waals surface area contributed by atoms with Gasteiger partial charge in [-0.1, -0.05) is 73.3 Å². The van der Waals surface area contributed by atoms with Gasteiger partial charge in [-0.3, -0.25) is 43.2 Å². The standard InChI is InChI=1S/C60H77N4O17P/c1-32-19-26-78-60(13)57(73)48-46-47(52(70)39(8)56(48)81-60)54(72)49(62-58(74)34(3)16-14-15-33(2)50(68)37(6)51(69)38(7)55(36(32)5)80-41(10)67)43(53(46)71)31-61-64-22-20-63(21-23-64)24-27-77-35(4)30-59(11,12)44-29-42(82(75,76)28-25-65)17-18-45(44)79-40(9)66/h14-19,25-26,29,31-33,36-38,50-51,55,68-70H,4,20-24,27-28,30H2,1-3,5-13H3,(H,62,74)(H,75,76)/b15-14+,26-19+,34-16-,61-31+/t32-,33-,36+,37+,38+,50-,51+,55+,60-/m0/s1. The first-order chi connectivity index (χ1) is 38.3. The number of nitrogens with zero attached hydrogens (tertiary/aromatic N) is 3. The first-order valence-corrected chi connectivity index (χ1v) is 29.1. The quantitative estimate of drug-likeness (QED) is 0.0354. The average molecular weight is 1160 g/mol. The van der Waals surface area contributed by atoms with Crippen LogP contribution in [0.4, 0.5) is 0 Å². The molecule has 4 aliphatic heterocycles. The van der Waals surface area contributed by atoms with E-state index in [1.165, 1.54) is 71.2 Å². The van der Waals surface area contributed by atoms with Crippen LogP contribution >= 0.6 is 7.37 Å². The number of fused-ring (bicyclic) bond motifs is 14. The van der Waals surface area contributed by atoms with Gasteiger partial charge in [0, 0.05) is 105 Å². The second-order valence-electron chi connectivity index (χ2n) is 22.6. The predicted octanol–water partition coefficient (Wildman–Crippen LogP) is 6.14. The Balaban J connectivity index is 1.25. The largest absolute Gasteiger partial charge is 0.507 e. The van der Waals surface area contributed by atoms with Crippen LogP contribution in [-0.4, -0.2) is 147 Å². The van der Waals surface area contributed by atoms with Crippen molar-refractivity contribution in [2.45, 2.75) is 119 Å². The maximum atomic E-state index is 15.0. The van der Waals surface area contributed by atoms with Gasteiger partial charge in [0.05, 0.1) is 58.9 Å². The van der Waals surface area contributed by atoms with Gasteiger partial charge in [0.1, 0.15) is 41.9 Å². The Morgan fingerprint density at radius 2 is 1.60 bits per heavy atom. The second-order valence-corrected chi connectivity index (χ2v) is 24.8. The topological polar surface area (TPSA) is 294 Å². The molecule has 82 heavy (non-hydrogen) atoms. The van der Waals surface area contributed by atoms with E-state index < -0.39 is 130 Å². The Morgan fingerprint density at radius 3 is 2.23 bits per heavy atom. The number of aliphatic hydroxyl groups excluding tert-OH is 2. The Kier molecular flexibility index (Phi) is 20.4. The zero-order valence-electron chi connectivity index (χ0n) is 48.6. The number of aldehydes is 1. The highest BCUT2D eigenvalue weighted by Gasteiger charge is 2.53. The zero-order chi connectivity index (χ0) is 60.9. The number of phenols is 1. The monoisotopic (exact) mass is 1160 g/mol. The molecule has 0 spiro atoms. The van der Waals surface area contributed by atoms with E-state index in [-0.39, 0.29) is 52.1 Å². The van der Waals surface area contributed by atoms with Crippen molar-refractivity contribution in [3.05, 3.63) is 106 Å². The summed E-state index contributed by atoms with van der Waals surface area (Å²) in [5, 5.41) is 43.6. The van der Waals surface area contributed by atoms with E-state index in [9.17, 15) is 53.5 Å². The molecule has 22 heteroatoms. The number of allylic oxidation sites excluding steroid dienone is 6. The number of piperazine rings is 1. The molecule has 2 aromatic rings. The van der Waals surface area contributed by atoms with Crippen molar-refractivity contribution in [2.24, 2.45) is 34.7 Å². The summed E-state index contributed by atoms with van der Waals surface area (Å²) in [6.45, 7) is 25.6. The van der Waals surface area contributed by atoms with Gasteiger partial charge in [0.15, 0.2) is 5.78 Å². The van der Waals surface area contributed by atoms with Gasteiger partial charge in [-0.25, -0.2) is 0 Å². The fourth-order valence-corrected chi connectivity index (χ4v) is 11.6. The molecule has 0 radical (unpaired) electrons. The van der Waals surface area contributed by atoms with Gasteiger partial charge in [-0.05, 0) is 50.0 Å². The summed E-state index contributed by atoms with van der Waals surface area (Å²) in [4.78, 5) is 107. The molecule has 5 bridgehead atoms. The van der Waals surface area contributed by atoms with E-state index in [2.05, 4.69) is 21.9 Å². The van der Waals surface area contributed by atoms with Crippen LogP contribution < -0.4 is 20.1 Å². The van der Waals surface area contributed by atoms with E-state index in [4.69, 9.17) is 23.7 Å². The predicted molar refractivity (Wildman–Crippen MR) is 304 cm³/mol. The van der Waals surface area contributed by atoms with Crippen LogP contribution in [0.25, 0.3) is 0 Å². The number of ketones is 3. The first kappa shape index (κ1) is 64.1. The molecule has 444 valence electrons. The molecule has 1 amide bonds. The highest BCUT2D eigenvalue weighted by atomic mass is 31.2. The first-order valence-electron chi connectivity index (χ1n) is 27.3. The van der Waals surface area contributed by atoms with Gasteiger partial charge in [-0.2, -0.15) is 5.10 Å². The molecule has 1 fully saturated rings. The number of phenolic OH excluding ortho intramolecular Hbond substituents is 1. The van der Waals surface area contributed by atoms with Crippen LogP contribution in [0.1, 0.15) is 125 Å². The lowest BCUT2D eigenvalue weighted by atomic mass is 9.77. The van der Waals surface area contributed by atoms with Crippen molar-refractivity contribution in [1.29, 1.82) is 0 Å². The smallest absolute Gasteiger partial charge is 0.312 e. The minimum absolute atomic E-state index is 0.0367. The molecule has 1 saturated heterocycles. The van der Waals surface area contributed by atoms with Crippen LogP contribution in [-0.2, 0) is 43.4 Å². The lowest BCUT2D eigenvalue weighted by Gasteiger charge is -2.37. The van der Waals surface area contributed by atoms with Crippen molar-refractivity contribution in [3.63, 3.8) is 0 Å². The fourth-order valence-electron chi connectivity index (χ4n) is 10.6. The van der Waals surface area contributed by atoms with Crippen molar-refractivity contribution >= 4 is 60.4 Å². The van der Waals surface area contributed by atoms with Crippen LogP contribution in [0.15, 0.2) is 83.0 Å². The number of nitrogens with one attached hydrogen (secondary N) is 1. The molecule has 0 aromatic heterocycles. The molecule has 0 saturated carbocycles. The number of esters is 2. The number of amides is 1. The van der Waals surface area contributed by atoms with Crippen LogP contribution in [0, 0.1) is 36.5 Å². The van der Waals surface area contributed by atoms with Gasteiger partial charge in [-0.15, -0.1) is 0 Å². The van der Waals surface area contributed by atoms with Crippen LogP contribution in [0.5, 0.6) is 17.2 Å². The van der Waals surface area contributed by atoms with Gasteiger partial charge in [0.25, 0.3) is 11.7 Å². The molecule has 5 N–H and O–H groups in total. The number of aliphatic hydroxyl groups is 2. The highest BCUT2D eigenvalue weighted by molar-refractivity contribution is 7.66. The van der Waals surface area contributed by atoms with Crippen molar-refractivity contribution in [3.8, 4) is 17.2 Å². The molecular weight excluding hydrogens is 1080 g/mol. The molecule has 1 unspecified atom stereocenters. The summed E-state index contributed by atoms with van der Waals surface area (Å²) in [6, 6.07) is 4.25. The third kappa shape index (κ3) is 14.1. The minimum Gasteiger partial charge on any atom is -0.507 e. The van der Waals surface area contributed by atoms with Gasteiger partial charge in [0.2, 0.25) is 13.2 Å². The maximum Gasteiger partial charge on any atom is 0.312 e. The molecule has 7 rings (SSSR count). The number of hydrogen-bond acceptors (Lipinski definition) is 19. The van der Waals surface area contributed by atoms with E-state index in [0.717, 1.165) is 6.21 Å². The maximum absolute atomic E-state index is 15.0. The number of carbonyl (C=O) groups is 7. The number of rotatable bonds is 14. The Hall–Kier alpha value is -7.03. The molecule has 1 aliphatic carbocycles. The SMILES string of the molecule is C=C(CC(C)(C)c1cc(P(=O)(O)CC=O)ccc1OC(C)=O)OCCN1CCN(/N=C/C2=C3NC(=O)/C(C)=C\C=C\[C@H](C)[C@H](O)[C@@H](C)[C@@H](O)[C@@H](C)[C@H](OC(C)=O)[C@H](C)[C@@H](C)/C=C/O[C@@]4(C)Oc5c(C)c(O)c(c(c5C4=O)C2=O)C3=O)CC1. The van der Waals surface area contributed by atoms with Crippen LogP contribution in [0.3, 0.4) is 0 Å². The number of ether oxygens (including phenoxy) is 5. The normalized spacial score (nSPS) is 28.0. The van der Waals surface area contributed by atoms with E-state index in [1.54, 1.807) is 37.9 Å². The van der Waals surface area contributed by atoms with Gasteiger partial charge >= 0.3 is 17.7 Å². The number of hydrazone groups is 1. The third-order valence-electron chi connectivity index (χ3n) is 15.9. The summed E-state index contributed by atoms with van der Waals surface area (Å²) in [7, 11) is -4.02. The number of carbonyl (C=O) groups excluding carboxylic acids is 7. The average Bonchev–Trinajstić information content (AvgIpc) is 1.71. The van der Waals surface area contributed by atoms with E-state index >= 15 is 4.79 Å². The summed E-state index contributed by atoms with van der Waals surface area (Å²) < 4.78 is 42.3. The Labute approximate surface area is 478 Å². The Morgan fingerprint density at radius 1 is 0.927 bits per heavy atom. The van der Waals surface area contributed by atoms with Crippen molar-refractivity contribution in [1.82, 2.24) is 15.2 Å². The molecule has 2 aromatic carbocycles. The van der Waals surface area contributed by atoms with Gasteiger partial charge < -0.3 is 54.0 Å². The molecule has 5 aliphatic rings. The lowest BCUT2D eigenvalue weighted by Crippen LogP contribution is -2.45. The van der Waals surface area contributed by atoms with E-state index in [0.29, 0.717) is 50.3 Å². The summed E-state index contributed by atoms with van der Waals surface area (Å²) in [6.07, 6.45) is 5.60. The highest BCUT2D eigenvalue weighted by Crippen LogP contribution is 2.49. The summed E-state index contributed by atoms with van der Waals surface area (Å²) in [5.74, 6) is -9.84. The Bertz CT molecular complexity index is 3100. The zero-order valence-corrected chi connectivity index (χ0v) is 49.5. The fraction of sp³-hybridized carbons (Fsp3) is 0.500. The molecular formula is C60H77N4O17P. The number of hydrogen-bond donors (Lipinski definition) is 5. The van der Waals surface area contributed by atoms with Crippen LogP contribution in [0.2, 0.25) is 0 Å². The second kappa shape index (κ2) is 26.0. The number of aromatic hydroxyl groups is 1. The van der Waals surface area contributed by atoms with Crippen molar-refractivity contribution in [2.75, 3.05) is 45.5 Å². The summed E-state index contributed by atoms with van der Waals surface area (Å²) >= 11 is 0. The van der Waals surface area contributed by atoms with Crippen molar-refractivity contribution < 1.29 is 82.0 Å². The lowest BCUT2D eigenvalue weighted by molar-refractivity contribution is -0.158. The third-order valence-corrected chi connectivity index (χ3v) is 17.6. The minimum atomic E-state index is -4.02. The van der Waals surface area contributed by atoms with E-state index in [1.807, 2.05) is 27.7 Å². The number of benzene rings is 2. The molecule has 10 atom stereocenters. The summed E-state index contributed by atoms with van der Waals surface area (Å²) in [5.41, 5.74) is -2.52. The molecule has 4 heterocycles. The number of Topliss-reactive ketones (excluding diaryl/α,β-unsaturated/α-hetero) is 3.